The molecule has 21 heteroatoms. The number of anilines is 1. The number of rotatable bonds is 21. The van der Waals surface area contributed by atoms with Gasteiger partial charge in [-0.05, 0) is 84.7 Å². The van der Waals surface area contributed by atoms with Crippen molar-refractivity contribution in [2.75, 3.05) is 90.3 Å². The fourth-order valence-electron chi connectivity index (χ4n) is 10.8. The van der Waals surface area contributed by atoms with Gasteiger partial charge < -0.3 is 54.9 Å². The van der Waals surface area contributed by atoms with Crippen molar-refractivity contribution in [2.24, 2.45) is 5.41 Å². The zero-order valence-corrected chi connectivity index (χ0v) is 47.9. The van der Waals surface area contributed by atoms with Crippen LogP contribution in [0.4, 0.5) is 10.2 Å². The van der Waals surface area contributed by atoms with E-state index in [9.17, 15) is 24.6 Å². The first-order valence-electron chi connectivity index (χ1n) is 27.5. The highest BCUT2D eigenvalue weighted by atomic mass is 35.5. The number of fused-ring (bicyclic) bond motifs is 2. The third-order valence-electron chi connectivity index (χ3n) is 15.0. The second kappa shape index (κ2) is 26.2. The number of halogens is 2. The summed E-state index contributed by atoms with van der Waals surface area (Å²) in [6, 6.07) is 18.1. The Labute approximate surface area is 475 Å². The number of ether oxygens (including phenoxy) is 4. The molecule has 6 aromatic rings. The normalized spacial score (nSPS) is 18.6. The van der Waals surface area contributed by atoms with Crippen LogP contribution < -0.4 is 25.6 Å². The number of aryl methyl sites for hydroxylation is 1. The Morgan fingerprint density at radius 3 is 2.38 bits per heavy atom. The van der Waals surface area contributed by atoms with E-state index in [-0.39, 0.29) is 84.8 Å². The van der Waals surface area contributed by atoms with Gasteiger partial charge in [-0.3, -0.25) is 19.3 Å². The van der Waals surface area contributed by atoms with Gasteiger partial charge in [-0.2, -0.15) is 9.97 Å². The maximum Gasteiger partial charge on any atom is 0.319 e. The van der Waals surface area contributed by atoms with E-state index >= 15 is 4.39 Å². The number of aromatic nitrogens is 3. The molecule has 3 aliphatic rings. The highest BCUT2D eigenvalue weighted by Crippen LogP contribution is 2.43. The van der Waals surface area contributed by atoms with Crippen LogP contribution in [0.15, 0.2) is 72.2 Å². The van der Waals surface area contributed by atoms with E-state index in [1.165, 1.54) is 11.0 Å². The number of benzene rings is 4. The van der Waals surface area contributed by atoms with Crippen molar-refractivity contribution in [3.8, 4) is 33.3 Å². The number of nitrogens with one attached hydrogen (secondary N) is 3. The number of piperazine rings is 1. The quantitative estimate of drug-likeness (QED) is 0.0443. The van der Waals surface area contributed by atoms with Gasteiger partial charge in [0.05, 0.1) is 65.8 Å². The molecule has 0 unspecified atom stereocenters. The highest BCUT2D eigenvalue weighted by Gasteiger charge is 2.45. The summed E-state index contributed by atoms with van der Waals surface area (Å²) in [5.41, 5.74) is 4.68. The van der Waals surface area contributed by atoms with Crippen LogP contribution in [-0.4, -0.2) is 168 Å². The Morgan fingerprint density at radius 1 is 0.925 bits per heavy atom. The monoisotopic (exact) mass is 1140 g/mol. The number of thiazole rings is 1. The minimum Gasteiger partial charge on any atom is -0.508 e. The molecule has 5 atom stereocenters. The summed E-state index contributed by atoms with van der Waals surface area (Å²) in [7, 11) is 0. The molecule has 0 spiro atoms. The van der Waals surface area contributed by atoms with Crippen LogP contribution in [-0.2, 0) is 28.6 Å². The average Bonchev–Trinajstić information content (AvgIpc) is 4.20. The number of carbonyl (C=O) groups is 3. The summed E-state index contributed by atoms with van der Waals surface area (Å²) in [5, 5.41) is 32.7. The summed E-state index contributed by atoms with van der Waals surface area (Å²) >= 11 is 8.47. The van der Waals surface area contributed by atoms with E-state index in [1.54, 1.807) is 23.5 Å². The van der Waals surface area contributed by atoms with Crippen molar-refractivity contribution < 1.29 is 47.9 Å². The lowest BCUT2D eigenvalue weighted by Crippen LogP contribution is -2.58. The van der Waals surface area contributed by atoms with Gasteiger partial charge in [0.15, 0.2) is 5.82 Å². The van der Waals surface area contributed by atoms with Gasteiger partial charge in [-0.1, -0.05) is 80.9 Å². The van der Waals surface area contributed by atoms with Crippen LogP contribution in [0.5, 0.6) is 11.8 Å². The third kappa shape index (κ3) is 14.1. The first-order chi connectivity index (χ1) is 38.4. The van der Waals surface area contributed by atoms with Crippen LogP contribution in [0.1, 0.15) is 71.2 Å². The van der Waals surface area contributed by atoms with Gasteiger partial charge in [0.1, 0.15) is 41.9 Å². The Kier molecular flexibility index (Phi) is 19.2. The summed E-state index contributed by atoms with van der Waals surface area (Å²) in [5.74, 6) is -1.39. The van der Waals surface area contributed by atoms with Crippen LogP contribution in [0.3, 0.4) is 0 Å². The predicted molar refractivity (Wildman–Crippen MR) is 308 cm³/mol. The first-order valence-corrected chi connectivity index (χ1v) is 28.8. The summed E-state index contributed by atoms with van der Waals surface area (Å²) in [6.07, 6.45) is 0.558. The molecule has 0 saturated carbocycles. The van der Waals surface area contributed by atoms with Crippen molar-refractivity contribution in [1.29, 1.82) is 0 Å². The smallest absolute Gasteiger partial charge is 0.319 e. The minimum absolute atomic E-state index is 0.00194. The lowest BCUT2D eigenvalue weighted by molar-refractivity contribution is -0.144. The maximum absolute atomic E-state index is 17.0. The molecule has 3 saturated heterocycles. The molecule has 2 aromatic heterocycles. The first kappa shape index (κ1) is 58.6. The Hall–Kier alpha value is -6.10. The number of phenolic OH excluding ortho intramolecular Hbond substituents is 1. The molecule has 80 heavy (non-hydrogen) atoms. The van der Waals surface area contributed by atoms with E-state index < -0.39 is 41.2 Å². The van der Waals surface area contributed by atoms with Crippen molar-refractivity contribution in [3.05, 3.63) is 94.3 Å². The molecule has 3 fully saturated rings. The fourth-order valence-corrected chi connectivity index (χ4v) is 11.9. The van der Waals surface area contributed by atoms with Crippen molar-refractivity contribution >= 4 is 68.2 Å². The van der Waals surface area contributed by atoms with Crippen molar-refractivity contribution in [1.82, 2.24) is 40.7 Å². The number of amides is 3. The minimum atomic E-state index is -0.985. The molecule has 18 nitrogen and oxygen atoms in total. The zero-order chi connectivity index (χ0) is 56.7. The lowest BCUT2D eigenvalue weighted by Gasteiger charge is -2.35. The third-order valence-corrected chi connectivity index (χ3v) is 16.3. The summed E-state index contributed by atoms with van der Waals surface area (Å²) in [6.45, 7) is 17.1. The van der Waals surface area contributed by atoms with Crippen LogP contribution in [0, 0.1) is 18.2 Å². The number of piperidine rings is 1. The number of carbonyl (C=O) groups excluding carboxylic acids is 3. The van der Waals surface area contributed by atoms with Gasteiger partial charge in [0.25, 0.3) is 0 Å². The standard InChI is InChI=1S/C59H73ClFN9O9S/c1-35(79-58-66-52-46(55(67-58)69-21-17-62-18-22-69)30-47(60)50(51(52)61)45-28-41(71)27-40-9-7-8-10-44(40)45)31-68-19-15-43(16-20-68)78-26-25-76-23-24-77-33-49(73)65-54(59(4,5)6)57(75)70-32-42(72)29-48(70)56(74)64-36(2)38-11-13-39(14-12-38)53-37(3)63-34-80-53/h7-14,27-28,30,34-36,42-43,48,54,62,71-72H,15-26,29,31-33H2,1-6H3,(H,64,74)(H,65,73)/t35-,36+,42-,48+,54-/m1/s1. The molecule has 4 aromatic carbocycles. The SMILES string of the molecule is Cc1ncsc1-c1ccc([C@H](C)NC(=O)[C@@H]2C[C@@H](O)CN2C(=O)[C@@H](NC(=O)COCCOCCOC2CCN(C[C@@H](C)Oc3nc(N4CCNCC4)c4cc(Cl)c(-c5cc(O)cc6ccccc56)c(F)c4n3)CC2)C(C)(C)C)cc1. The molecule has 5 heterocycles. The van der Waals surface area contributed by atoms with Crippen molar-refractivity contribution in [2.45, 2.75) is 97.2 Å². The molecule has 0 aliphatic carbocycles. The van der Waals surface area contributed by atoms with Gasteiger partial charge >= 0.3 is 6.01 Å². The van der Waals surface area contributed by atoms with Gasteiger partial charge in [0, 0.05) is 69.7 Å². The highest BCUT2D eigenvalue weighted by molar-refractivity contribution is 7.13. The molecule has 9 rings (SSSR count). The number of hydrogen-bond donors (Lipinski definition) is 5. The number of aromatic hydroxyl groups is 1. The van der Waals surface area contributed by atoms with E-state index in [0.717, 1.165) is 71.5 Å². The average molecular weight is 1140 g/mol. The topological polar surface area (TPSA) is 213 Å². The van der Waals surface area contributed by atoms with Crippen LogP contribution in [0.25, 0.3) is 43.2 Å². The summed E-state index contributed by atoms with van der Waals surface area (Å²) in [4.78, 5) is 61.7. The second-order valence-corrected chi connectivity index (χ2v) is 23.3. The summed E-state index contributed by atoms with van der Waals surface area (Å²) < 4.78 is 40.9. The second-order valence-electron chi connectivity index (χ2n) is 22.1. The van der Waals surface area contributed by atoms with Gasteiger partial charge in [0.2, 0.25) is 17.7 Å². The maximum atomic E-state index is 17.0. The lowest BCUT2D eigenvalue weighted by atomic mass is 9.85. The van der Waals surface area contributed by atoms with E-state index in [4.69, 9.17) is 35.5 Å². The Balaban J connectivity index is 0.693. The largest absolute Gasteiger partial charge is 0.508 e. The molecule has 5 N–H and O–H groups in total. The van der Waals surface area contributed by atoms with Crippen LogP contribution in [0.2, 0.25) is 5.02 Å². The van der Waals surface area contributed by atoms with Gasteiger partial charge in [-0.15, -0.1) is 11.3 Å². The zero-order valence-electron chi connectivity index (χ0n) is 46.3. The number of aliphatic hydroxyl groups excluding tert-OH is 1. The van der Waals surface area contributed by atoms with E-state index in [0.29, 0.717) is 49.6 Å². The molecule has 0 bridgehead atoms. The van der Waals surface area contributed by atoms with Crippen LogP contribution >= 0.6 is 22.9 Å². The molecule has 428 valence electrons. The number of likely N-dealkylation sites (tertiary alicyclic amines) is 2. The molecular weight excluding hydrogens is 1070 g/mol. The number of hydrogen-bond acceptors (Lipinski definition) is 16. The predicted octanol–water partition coefficient (Wildman–Crippen LogP) is 7.44. The molecule has 0 radical (unpaired) electrons. The Morgan fingerprint density at radius 2 is 1.65 bits per heavy atom. The van der Waals surface area contributed by atoms with Gasteiger partial charge in [-0.25, -0.2) is 9.37 Å². The molecule has 3 amide bonds. The molecular formula is C59H73ClFN9O9S. The number of nitrogens with zero attached hydrogens (tertiary/aromatic N) is 6. The Bertz CT molecular complexity index is 3130. The molecule has 3 aliphatic heterocycles. The number of phenols is 1. The number of β-amino-alcohol motifs (C(OH)–C–C–N with tert-alkyl or cyclic N) is 1. The fraction of sp³-hybridized carbons (Fsp3) is 0.492. The van der Waals surface area contributed by atoms with E-state index in [2.05, 4.69) is 35.7 Å². The van der Waals surface area contributed by atoms with Crippen molar-refractivity contribution in [3.63, 3.8) is 0 Å². The number of aliphatic hydroxyl groups is 1. The van der Waals surface area contributed by atoms with E-state index in [1.807, 2.05) is 95.6 Å².